The first-order chi connectivity index (χ1) is 13.2. The first-order valence-electron chi connectivity index (χ1n) is 9.92. The second-order valence-corrected chi connectivity index (χ2v) is 7.28. The van der Waals surface area contributed by atoms with Gasteiger partial charge in [-0.1, -0.05) is 12.1 Å². The van der Waals surface area contributed by atoms with Crippen LogP contribution in [-0.4, -0.2) is 79.9 Å². The Morgan fingerprint density at radius 2 is 2.00 bits per heavy atom. The van der Waals surface area contributed by atoms with Crippen molar-refractivity contribution in [3.05, 3.63) is 35.6 Å². The summed E-state index contributed by atoms with van der Waals surface area (Å²) in [5.41, 5.74) is 0.683. The molecule has 0 radical (unpaired) electrons. The highest BCUT2D eigenvalue weighted by Crippen LogP contribution is 2.19. The number of guanidine groups is 1. The largest absolute Gasteiger partial charge is 0.386 e. The van der Waals surface area contributed by atoms with Gasteiger partial charge in [-0.15, -0.1) is 24.0 Å². The van der Waals surface area contributed by atoms with E-state index in [1.165, 1.54) is 12.1 Å². The molecule has 6 nitrogen and oxygen atoms in total. The Kier molecular flexibility index (Phi) is 9.90. The molecule has 158 valence electrons. The Balaban J connectivity index is 0.00000280. The maximum Gasteiger partial charge on any atom is 0.194 e. The second-order valence-electron chi connectivity index (χ2n) is 7.28. The van der Waals surface area contributed by atoms with E-state index in [9.17, 15) is 9.50 Å². The zero-order chi connectivity index (χ0) is 19.1. The van der Waals surface area contributed by atoms with Crippen molar-refractivity contribution in [3.63, 3.8) is 0 Å². The van der Waals surface area contributed by atoms with Crippen LogP contribution in [0.1, 0.15) is 25.0 Å². The van der Waals surface area contributed by atoms with Gasteiger partial charge in [0.1, 0.15) is 5.82 Å². The van der Waals surface area contributed by atoms with Crippen LogP contribution in [-0.2, 0) is 4.74 Å². The lowest BCUT2D eigenvalue weighted by Gasteiger charge is -2.29. The third-order valence-corrected chi connectivity index (χ3v) is 5.21. The molecule has 2 aliphatic rings. The number of rotatable bonds is 6. The predicted octanol–water partition coefficient (Wildman–Crippen LogP) is 2.10. The van der Waals surface area contributed by atoms with Gasteiger partial charge in [-0.3, -0.25) is 9.89 Å². The Bertz CT molecular complexity index is 611. The van der Waals surface area contributed by atoms with E-state index in [0.717, 1.165) is 64.9 Å². The Morgan fingerprint density at radius 1 is 1.29 bits per heavy atom. The average molecular weight is 506 g/mol. The van der Waals surface area contributed by atoms with Gasteiger partial charge in [0.2, 0.25) is 0 Å². The quantitative estimate of drug-likeness (QED) is 0.352. The summed E-state index contributed by atoms with van der Waals surface area (Å²) in [4.78, 5) is 9.40. The molecular weight excluding hydrogens is 474 g/mol. The van der Waals surface area contributed by atoms with E-state index in [1.807, 2.05) is 6.92 Å². The molecule has 2 saturated heterocycles. The SMILES string of the molecule is CCNC(=NCC(O)c1ccc(F)cc1)N1CCC(CN2CCOCC2)C1.I. The number of nitrogens with zero attached hydrogens (tertiary/aromatic N) is 3. The summed E-state index contributed by atoms with van der Waals surface area (Å²) in [6.45, 7) is 9.88. The lowest BCUT2D eigenvalue weighted by Crippen LogP contribution is -2.42. The van der Waals surface area contributed by atoms with Crippen LogP contribution in [0, 0.1) is 11.7 Å². The van der Waals surface area contributed by atoms with Crippen LogP contribution in [0.3, 0.4) is 0 Å². The Labute approximate surface area is 184 Å². The van der Waals surface area contributed by atoms with Gasteiger partial charge in [0.05, 0.1) is 25.9 Å². The molecule has 0 aliphatic carbocycles. The predicted molar refractivity (Wildman–Crippen MR) is 120 cm³/mol. The summed E-state index contributed by atoms with van der Waals surface area (Å²) < 4.78 is 18.5. The van der Waals surface area contributed by atoms with Crippen molar-refractivity contribution in [2.75, 3.05) is 59.0 Å². The minimum absolute atomic E-state index is 0. The maximum absolute atomic E-state index is 13.0. The number of morpholine rings is 1. The molecule has 0 spiro atoms. The number of benzene rings is 1. The molecule has 1 aromatic carbocycles. The van der Waals surface area contributed by atoms with Crippen LogP contribution in [0.5, 0.6) is 0 Å². The average Bonchev–Trinajstić information content (AvgIpc) is 3.14. The molecule has 2 fully saturated rings. The molecule has 1 aromatic rings. The molecule has 3 rings (SSSR count). The fourth-order valence-electron chi connectivity index (χ4n) is 3.71. The highest BCUT2D eigenvalue weighted by molar-refractivity contribution is 14.0. The summed E-state index contributed by atoms with van der Waals surface area (Å²) in [5, 5.41) is 13.7. The second kappa shape index (κ2) is 11.9. The van der Waals surface area contributed by atoms with Gasteiger partial charge in [-0.05, 0) is 37.0 Å². The minimum atomic E-state index is -0.731. The number of hydrogen-bond donors (Lipinski definition) is 2. The van der Waals surface area contributed by atoms with E-state index < -0.39 is 6.10 Å². The third kappa shape index (κ3) is 6.82. The van der Waals surface area contributed by atoms with E-state index in [-0.39, 0.29) is 36.3 Å². The van der Waals surface area contributed by atoms with Crippen LogP contribution in [0.2, 0.25) is 0 Å². The van der Waals surface area contributed by atoms with Crippen molar-refractivity contribution in [2.45, 2.75) is 19.4 Å². The molecule has 2 atom stereocenters. The van der Waals surface area contributed by atoms with Crippen LogP contribution in [0.25, 0.3) is 0 Å². The molecule has 2 heterocycles. The first kappa shape index (κ1) is 23.3. The number of ether oxygens (including phenoxy) is 1. The molecule has 2 N–H and O–H groups in total. The normalized spacial score (nSPS) is 22.0. The summed E-state index contributed by atoms with van der Waals surface area (Å²) in [5.74, 6) is 1.18. The van der Waals surface area contributed by atoms with E-state index in [1.54, 1.807) is 12.1 Å². The fourth-order valence-corrected chi connectivity index (χ4v) is 3.71. The van der Waals surface area contributed by atoms with E-state index in [4.69, 9.17) is 4.74 Å². The van der Waals surface area contributed by atoms with Crippen LogP contribution in [0.4, 0.5) is 4.39 Å². The van der Waals surface area contributed by atoms with Crippen LogP contribution >= 0.6 is 24.0 Å². The van der Waals surface area contributed by atoms with Gasteiger partial charge in [0, 0.05) is 39.3 Å². The zero-order valence-corrected chi connectivity index (χ0v) is 18.8. The molecule has 0 aromatic heterocycles. The highest BCUT2D eigenvalue weighted by atomic mass is 127. The number of hydrogen-bond acceptors (Lipinski definition) is 4. The fraction of sp³-hybridized carbons (Fsp3) is 0.650. The van der Waals surface area contributed by atoms with Crippen molar-refractivity contribution < 1.29 is 14.2 Å². The van der Waals surface area contributed by atoms with Crippen molar-refractivity contribution in [1.82, 2.24) is 15.1 Å². The number of likely N-dealkylation sites (tertiary alicyclic amines) is 1. The molecule has 0 amide bonds. The number of aliphatic hydroxyl groups excluding tert-OH is 1. The van der Waals surface area contributed by atoms with Crippen molar-refractivity contribution >= 4 is 29.9 Å². The monoisotopic (exact) mass is 506 g/mol. The smallest absolute Gasteiger partial charge is 0.194 e. The molecule has 0 bridgehead atoms. The summed E-state index contributed by atoms with van der Waals surface area (Å²) in [7, 11) is 0. The van der Waals surface area contributed by atoms with Crippen molar-refractivity contribution in [1.29, 1.82) is 0 Å². The Morgan fingerprint density at radius 3 is 2.68 bits per heavy atom. The summed E-state index contributed by atoms with van der Waals surface area (Å²) in [6, 6.07) is 5.95. The summed E-state index contributed by atoms with van der Waals surface area (Å²) in [6.07, 6.45) is 0.424. The van der Waals surface area contributed by atoms with E-state index in [0.29, 0.717) is 11.5 Å². The van der Waals surface area contributed by atoms with Gasteiger partial charge >= 0.3 is 0 Å². The van der Waals surface area contributed by atoms with Crippen LogP contribution < -0.4 is 5.32 Å². The van der Waals surface area contributed by atoms with E-state index >= 15 is 0 Å². The standard InChI is InChI=1S/C20H31FN4O2.HI/c1-2-22-20(23-13-19(26)17-3-5-18(21)6-4-17)25-8-7-16(15-25)14-24-9-11-27-12-10-24;/h3-6,16,19,26H,2,7-15H2,1H3,(H,22,23);1H. The number of nitrogens with one attached hydrogen (secondary N) is 1. The van der Waals surface area contributed by atoms with Gasteiger partial charge in [-0.25, -0.2) is 4.39 Å². The van der Waals surface area contributed by atoms with Gasteiger partial charge in [-0.2, -0.15) is 0 Å². The molecule has 2 aliphatic heterocycles. The lowest BCUT2D eigenvalue weighted by molar-refractivity contribution is 0.0315. The lowest BCUT2D eigenvalue weighted by atomic mass is 10.1. The first-order valence-corrected chi connectivity index (χ1v) is 9.92. The van der Waals surface area contributed by atoms with Gasteiger partial charge in [0.25, 0.3) is 0 Å². The highest BCUT2D eigenvalue weighted by Gasteiger charge is 2.27. The maximum atomic E-state index is 13.0. The minimum Gasteiger partial charge on any atom is -0.386 e. The van der Waals surface area contributed by atoms with Crippen LogP contribution in [0.15, 0.2) is 29.3 Å². The topological polar surface area (TPSA) is 60.3 Å². The molecule has 28 heavy (non-hydrogen) atoms. The molecule has 2 unspecified atom stereocenters. The molecular formula is C20H32FIN4O2. The Hall–Kier alpha value is -0.970. The summed E-state index contributed by atoms with van der Waals surface area (Å²) >= 11 is 0. The van der Waals surface area contributed by atoms with Crippen molar-refractivity contribution in [2.24, 2.45) is 10.9 Å². The number of aliphatic imine (C=N–C) groups is 1. The van der Waals surface area contributed by atoms with Crippen molar-refractivity contribution in [3.8, 4) is 0 Å². The molecule has 0 saturated carbocycles. The molecule has 8 heteroatoms. The third-order valence-electron chi connectivity index (χ3n) is 5.21. The number of aliphatic hydroxyl groups is 1. The van der Waals surface area contributed by atoms with Gasteiger partial charge in [0.15, 0.2) is 5.96 Å². The zero-order valence-electron chi connectivity index (χ0n) is 16.5. The van der Waals surface area contributed by atoms with E-state index in [2.05, 4.69) is 20.1 Å². The van der Waals surface area contributed by atoms with Gasteiger partial charge < -0.3 is 20.1 Å². The number of halogens is 2.